The third-order valence-corrected chi connectivity index (χ3v) is 2.19. The SMILES string of the molecule is C=CC(CCOc1ccccc1)NCC. The number of rotatable bonds is 7. The van der Waals surface area contributed by atoms with Crippen molar-refractivity contribution in [3.05, 3.63) is 43.0 Å². The first-order valence-electron chi connectivity index (χ1n) is 5.40. The van der Waals surface area contributed by atoms with Gasteiger partial charge < -0.3 is 10.1 Å². The fraction of sp³-hybridized carbons (Fsp3) is 0.385. The maximum atomic E-state index is 5.60. The lowest BCUT2D eigenvalue weighted by atomic mass is 10.2. The lowest BCUT2D eigenvalue weighted by Crippen LogP contribution is -2.28. The topological polar surface area (TPSA) is 21.3 Å². The first-order chi connectivity index (χ1) is 7.36. The summed E-state index contributed by atoms with van der Waals surface area (Å²) in [4.78, 5) is 0. The van der Waals surface area contributed by atoms with E-state index >= 15 is 0 Å². The molecular weight excluding hydrogens is 186 g/mol. The molecule has 1 aromatic carbocycles. The summed E-state index contributed by atoms with van der Waals surface area (Å²) in [5.41, 5.74) is 0. The Morgan fingerprint density at radius 2 is 2.13 bits per heavy atom. The summed E-state index contributed by atoms with van der Waals surface area (Å²) in [6, 6.07) is 10.2. The molecule has 0 fully saturated rings. The highest BCUT2D eigenvalue weighted by molar-refractivity contribution is 5.20. The van der Waals surface area contributed by atoms with E-state index in [1.165, 1.54) is 0 Å². The van der Waals surface area contributed by atoms with Gasteiger partial charge in [0.25, 0.3) is 0 Å². The van der Waals surface area contributed by atoms with Gasteiger partial charge in [-0.25, -0.2) is 0 Å². The van der Waals surface area contributed by atoms with E-state index in [1.54, 1.807) is 0 Å². The first-order valence-corrected chi connectivity index (χ1v) is 5.40. The monoisotopic (exact) mass is 205 g/mol. The fourth-order valence-electron chi connectivity index (χ4n) is 1.39. The van der Waals surface area contributed by atoms with Gasteiger partial charge in [-0.2, -0.15) is 0 Å². The second-order valence-corrected chi connectivity index (χ2v) is 3.35. The van der Waals surface area contributed by atoms with Crippen molar-refractivity contribution in [1.29, 1.82) is 0 Å². The van der Waals surface area contributed by atoms with Crippen molar-refractivity contribution in [2.75, 3.05) is 13.2 Å². The van der Waals surface area contributed by atoms with Gasteiger partial charge in [0, 0.05) is 12.5 Å². The van der Waals surface area contributed by atoms with E-state index in [1.807, 2.05) is 36.4 Å². The zero-order valence-electron chi connectivity index (χ0n) is 9.28. The molecule has 0 radical (unpaired) electrons. The van der Waals surface area contributed by atoms with Crippen LogP contribution in [0.2, 0.25) is 0 Å². The van der Waals surface area contributed by atoms with Gasteiger partial charge in [-0.05, 0) is 18.7 Å². The van der Waals surface area contributed by atoms with Crippen LogP contribution in [0, 0.1) is 0 Å². The largest absolute Gasteiger partial charge is 0.494 e. The highest BCUT2D eigenvalue weighted by atomic mass is 16.5. The molecule has 0 aliphatic carbocycles. The number of hydrogen-bond acceptors (Lipinski definition) is 2. The second-order valence-electron chi connectivity index (χ2n) is 3.35. The molecule has 1 unspecified atom stereocenters. The maximum absolute atomic E-state index is 5.60. The summed E-state index contributed by atoms with van der Waals surface area (Å²) < 4.78 is 5.60. The zero-order valence-corrected chi connectivity index (χ0v) is 9.28. The molecule has 0 spiro atoms. The fourth-order valence-corrected chi connectivity index (χ4v) is 1.39. The summed E-state index contributed by atoms with van der Waals surface area (Å²) >= 11 is 0. The van der Waals surface area contributed by atoms with Gasteiger partial charge in [-0.1, -0.05) is 31.2 Å². The van der Waals surface area contributed by atoms with Crippen molar-refractivity contribution in [2.45, 2.75) is 19.4 Å². The van der Waals surface area contributed by atoms with Gasteiger partial charge in [0.2, 0.25) is 0 Å². The van der Waals surface area contributed by atoms with Crippen molar-refractivity contribution in [2.24, 2.45) is 0 Å². The van der Waals surface area contributed by atoms with Crippen LogP contribution in [-0.4, -0.2) is 19.2 Å². The molecule has 0 saturated heterocycles. The average molecular weight is 205 g/mol. The van der Waals surface area contributed by atoms with Crippen LogP contribution in [0.5, 0.6) is 5.75 Å². The van der Waals surface area contributed by atoms with E-state index < -0.39 is 0 Å². The second kappa shape index (κ2) is 7.07. The molecule has 15 heavy (non-hydrogen) atoms. The molecule has 1 aromatic rings. The van der Waals surface area contributed by atoms with Crippen LogP contribution in [0.4, 0.5) is 0 Å². The molecule has 2 nitrogen and oxygen atoms in total. The van der Waals surface area contributed by atoms with Crippen LogP contribution in [-0.2, 0) is 0 Å². The summed E-state index contributed by atoms with van der Waals surface area (Å²) in [6.07, 6.45) is 2.88. The van der Waals surface area contributed by atoms with Gasteiger partial charge in [-0.3, -0.25) is 0 Å². The summed E-state index contributed by atoms with van der Waals surface area (Å²) in [6.45, 7) is 7.56. The molecule has 0 aliphatic heterocycles. The molecule has 2 heteroatoms. The third-order valence-electron chi connectivity index (χ3n) is 2.19. The van der Waals surface area contributed by atoms with Crippen LogP contribution < -0.4 is 10.1 Å². The van der Waals surface area contributed by atoms with Crippen molar-refractivity contribution >= 4 is 0 Å². The Morgan fingerprint density at radius 3 is 2.73 bits per heavy atom. The quantitative estimate of drug-likeness (QED) is 0.691. The molecule has 1 rings (SSSR count). The summed E-state index contributed by atoms with van der Waals surface area (Å²) in [5, 5.41) is 3.32. The molecule has 1 N–H and O–H groups in total. The average Bonchev–Trinajstić information content (AvgIpc) is 2.29. The number of hydrogen-bond donors (Lipinski definition) is 1. The van der Waals surface area contributed by atoms with Crippen LogP contribution in [0.3, 0.4) is 0 Å². The van der Waals surface area contributed by atoms with E-state index in [-0.39, 0.29) is 0 Å². The molecule has 0 amide bonds. The maximum Gasteiger partial charge on any atom is 0.119 e. The normalized spacial score (nSPS) is 12.1. The number of para-hydroxylation sites is 1. The van der Waals surface area contributed by atoms with Crippen LogP contribution in [0.1, 0.15) is 13.3 Å². The van der Waals surface area contributed by atoms with Gasteiger partial charge in [-0.15, -0.1) is 6.58 Å². The predicted molar refractivity (Wildman–Crippen MR) is 64.2 cm³/mol. The number of likely N-dealkylation sites (N-methyl/N-ethyl adjacent to an activating group) is 1. The van der Waals surface area contributed by atoms with Gasteiger partial charge in [0.1, 0.15) is 5.75 Å². The highest BCUT2D eigenvalue weighted by Gasteiger charge is 2.01. The Kier molecular flexibility index (Phi) is 5.56. The summed E-state index contributed by atoms with van der Waals surface area (Å²) in [7, 11) is 0. The predicted octanol–water partition coefficient (Wildman–Crippen LogP) is 2.62. The molecule has 1 atom stereocenters. The van der Waals surface area contributed by atoms with E-state index in [0.29, 0.717) is 12.6 Å². The first kappa shape index (κ1) is 11.8. The number of benzene rings is 1. The number of nitrogens with one attached hydrogen (secondary N) is 1. The van der Waals surface area contributed by atoms with Crippen molar-refractivity contribution in [3.8, 4) is 5.75 Å². The Bertz CT molecular complexity index is 271. The highest BCUT2D eigenvalue weighted by Crippen LogP contribution is 2.08. The molecule has 0 aliphatic rings. The minimum Gasteiger partial charge on any atom is -0.494 e. The van der Waals surface area contributed by atoms with Gasteiger partial charge in [0.05, 0.1) is 6.61 Å². The minimum atomic E-state index is 0.346. The van der Waals surface area contributed by atoms with Gasteiger partial charge >= 0.3 is 0 Å². The Balaban J connectivity index is 2.23. The Labute approximate surface area is 92.0 Å². The molecule has 82 valence electrons. The van der Waals surface area contributed by atoms with Crippen molar-refractivity contribution < 1.29 is 4.74 Å². The van der Waals surface area contributed by atoms with E-state index in [4.69, 9.17) is 4.74 Å². The van der Waals surface area contributed by atoms with Crippen LogP contribution >= 0.6 is 0 Å². The van der Waals surface area contributed by atoms with E-state index in [2.05, 4.69) is 18.8 Å². The molecule has 0 saturated carbocycles. The lowest BCUT2D eigenvalue weighted by Gasteiger charge is -2.13. The summed E-state index contributed by atoms with van der Waals surface area (Å²) in [5.74, 6) is 0.928. The van der Waals surface area contributed by atoms with Crippen LogP contribution in [0.15, 0.2) is 43.0 Å². The van der Waals surface area contributed by atoms with E-state index in [9.17, 15) is 0 Å². The minimum absolute atomic E-state index is 0.346. The lowest BCUT2D eigenvalue weighted by molar-refractivity contribution is 0.297. The smallest absolute Gasteiger partial charge is 0.119 e. The van der Waals surface area contributed by atoms with Gasteiger partial charge in [0.15, 0.2) is 0 Å². The van der Waals surface area contributed by atoms with Crippen molar-refractivity contribution in [1.82, 2.24) is 5.32 Å². The van der Waals surface area contributed by atoms with Crippen LogP contribution in [0.25, 0.3) is 0 Å². The Morgan fingerprint density at radius 1 is 1.40 bits per heavy atom. The molecular formula is C13H19NO. The zero-order chi connectivity index (χ0) is 10.9. The number of ether oxygens (including phenoxy) is 1. The molecule has 0 bridgehead atoms. The molecule has 0 aromatic heterocycles. The van der Waals surface area contributed by atoms with Crippen molar-refractivity contribution in [3.63, 3.8) is 0 Å². The third kappa shape index (κ3) is 4.66. The Hall–Kier alpha value is -1.28. The standard InChI is InChI=1S/C13H19NO/c1-3-12(14-4-2)10-11-15-13-8-6-5-7-9-13/h3,5-9,12,14H,1,4,10-11H2,2H3. The van der Waals surface area contributed by atoms with E-state index in [0.717, 1.165) is 18.7 Å². The molecule has 0 heterocycles.